The number of benzene rings is 1. The van der Waals surface area contributed by atoms with E-state index in [4.69, 9.17) is 0 Å². The highest BCUT2D eigenvalue weighted by Gasteiger charge is 2.29. The van der Waals surface area contributed by atoms with E-state index in [9.17, 15) is 10.2 Å². The molecule has 0 saturated heterocycles. The number of aromatic hydroxyl groups is 1. The van der Waals surface area contributed by atoms with E-state index in [1.54, 1.807) is 6.07 Å². The second-order valence-corrected chi connectivity index (χ2v) is 4.42. The summed E-state index contributed by atoms with van der Waals surface area (Å²) in [6.45, 7) is 0. The minimum atomic E-state index is -0.388. The summed E-state index contributed by atoms with van der Waals surface area (Å²) in [4.78, 5) is 2.04. The van der Waals surface area contributed by atoms with Gasteiger partial charge in [-0.05, 0) is 37.7 Å². The van der Waals surface area contributed by atoms with Gasteiger partial charge in [0.25, 0.3) is 0 Å². The number of rotatable bonds is 1. The highest BCUT2D eigenvalue weighted by molar-refractivity contribution is 5.42. The Hall–Kier alpha value is -1.06. The molecule has 1 aromatic carbocycles. The number of phenolic OH excluding ortho intramolecular Hbond substituents is 1. The highest BCUT2D eigenvalue weighted by Crippen LogP contribution is 2.30. The maximum absolute atomic E-state index is 9.96. The minimum absolute atomic E-state index is 0.152. The van der Waals surface area contributed by atoms with Crippen LogP contribution in [0.2, 0.25) is 0 Å². The Morgan fingerprint density at radius 2 is 2.00 bits per heavy atom. The van der Waals surface area contributed by atoms with E-state index in [1.807, 2.05) is 31.1 Å². The Morgan fingerprint density at radius 1 is 1.27 bits per heavy atom. The molecule has 2 N–H and O–H groups in total. The fourth-order valence-electron chi connectivity index (χ4n) is 2.28. The second-order valence-electron chi connectivity index (χ2n) is 4.42. The van der Waals surface area contributed by atoms with Gasteiger partial charge in [0.1, 0.15) is 5.75 Å². The van der Waals surface area contributed by atoms with Crippen LogP contribution in [0.25, 0.3) is 0 Å². The Labute approximate surface area is 90.0 Å². The fourth-order valence-corrected chi connectivity index (χ4v) is 2.28. The zero-order chi connectivity index (χ0) is 11.0. The molecule has 0 radical (unpaired) electrons. The van der Waals surface area contributed by atoms with Gasteiger partial charge in [-0.25, -0.2) is 0 Å². The quantitative estimate of drug-likeness (QED) is 0.715. The first kappa shape index (κ1) is 10.5. The van der Waals surface area contributed by atoms with Crippen LogP contribution in [-0.2, 0) is 12.8 Å². The van der Waals surface area contributed by atoms with Crippen molar-refractivity contribution < 1.29 is 10.2 Å². The van der Waals surface area contributed by atoms with Gasteiger partial charge in [0.2, 0.25) is 0 Å². The smallest absolute Gasteiger partial charge is 0.119 e. The molecule has 0 fully saturated rings. The van der Waals surface area contributed by atoms with E-state index < -0.39 is 0 Å². The Bertz CT molecular complexity index is 363. The normalized spacial score (nSPS) is 25.3. The lowest BCUT2D eigenvalue weighted by Gasteiger charge is -2.34. The van der Waals surface area contributed by atoms with Crippen LogP contribution in [0.5, 0.6) is 5.75 Å². The number of hydrogen-bond acceptors (Lipinski definition) is 3. The average molecular weight is 207 g/mol. The molecule has 0 bridgehead atoms. The van der Waals surface area contributed by atoms with Gasteiger partial charge in [0.05, 0.1) is 6.10 Å². The molecule has 3 nitrogen and oxygen atoms in total. The largest absolute Gasteiger partial charge is 0.508 e. The molecule has 0 amide bonds. The van der Waals surface area contributed by atoms with Crippen LogP contribution >= 0.6 is 0 Å². The van der Waals surface area contributed by atoms with Crippen molar-refractivity contribution in [2.75, 3.05) is 14.1 Å². The van der Waals surface area contributed by atoms with E-state index >= 15 is 0 Å². The first-order chi connectivity index (χ1) is 7.09. The lowest BCUT2D eigenvalue weighted by molar-refractivity contribution is 0.0684. The second kappa shape index (κ2) is 3.83. The molecular weight excluding hydrogens is 190 g/mol. The zero-order valence-corrected chi connectivity index (χ0v) is 9.14. The van der Waals surface area contributed by atoms with Crippen molar-refractivity contribution in [3.05, 3.63) is 29.3 Å². The summed E-state index contributed by atoms with van der Waals surface area (Å²) in [5, 5.41) is 19.6. The first-order valence-electron chi connectivity index (χ1n) is 5.24. The predicted octanol–water partition coefficient (Wildman–Crippen LogP) is 0.782. The molecule has 0 spiro atoms. The zero-order valence-electron chi connectivity index (χ0n) is 9.14. The molecule has 0 saturated carbocycles. The molecule has 82 valence electrons. The third-order valence-corrected chi connectivity index (χ3v) is 3.20. The summed E-state index contributed by atoms with van der Waals surface area (Å²) in [7, 11) is 3.95. The van der Waals surface area contributed by atoms with Crippen molar-refractivity contribution in [3.8, 4) is 5.75 Å². The summed E-state index contributed by atoms with van der Waals surface area (Å²) in [6, 6.07) is 5.72. The lowest BCUT2D eigenvalue weighted by Crippen LogP contribution is -2.44. The minimum Gasteiger partial charge on any atom is -0.508 e. The van der Waals surface area contributed by atoms with Crippen LogP contribution in [0.15, 0.2) is 18.2 Å². The summed E-state index contributed by atoms with van der Waals surface area (Å²) >= 11 is 0. The lowest BCUT2D eigenvalue weighted by atomic mass is 9.85. The van der Waals surface area contributed by atoms with Gasteiger partial charge in [-0.15, -0.1) is 0 Å². The molecule has 15 heavy (non-hydrogen) atoms. The van der Waals surface area contributed by atoms with E-state index in [0.29, 0.717) is 12.2 Å². The molecule has 0 unspecified atom stereocenters. The first-order valence-corrected chi connectivity index (χ1v) is 5.24. The van der Waals surface area contributed by atoms with Crippen molar-refractivity contribution in [1.29, 1.82) is 0 Å². The Kier molecular flexibility index (Phi) is 2.67. The molecule has 0 aromatic heterocycles. The molecule has 1 aliphatic carbocycles. The average Bonchev–Trinajstić information content (AvgIpc) is 2.18. The topological polar surface area (TPSA) is 43.7 Å². The van der Waals surface area contributed by atoms with Gasteiger partial charge in [0.15, 0.2) is 0 Å². The van der Waals surface area contributed by atoms with Crippen molar-refractivity contribution >= 4 is 0 Å². The molecular formula is C12H17NO2. The number of aliphatic hydroxyl groups is 1. The number of phenols is 1. The van der Waals surface area contributed by atoms with Crippen LogP contribution in [0.1, 0.15) is 11.1 Å². The monoisotopic (exact) mass is 207 g/mol. The van der Waals surface area contributed by atoms with Crippen LogP contribution in [0, 0.1) is 0 Å². The number of likely N-dealkylation sites (N-methyl/N-ethyl adjacent to an activating group) is 1. The van der Waals surface area contributed by atoms with Crippen molar-refractivity contribution in [3.63, 3.8) is 0 Å². The van der Waals surface area contributed by atoms with Gasteiger partial charge >= 0.3 is 0 Å². The van der Waals surface area contributed by atoms with E-state index in [2.05, 4.69) is 0 Å². The van der Waals surface area contributed by atoms with E-state index in [1.165, 1.54) is 0 Å². The molecule has 0 aliphatic heterocycles. The SMILES string of the molecule is CN(C)[C@@H]1Cc2cccc(O)c2C[C@H]1O. The Balaban J connectivity index is 2.34. The predicted molar refractivity (Wildman–Crippen MR) is 59.0 cm³/mol. The van der Waals surface area contributed by atoms with Gasteiger partial charge in [-0.1, -0.05) is 12.1 Å². The molecule has 0 heterocycles. The third kappa shape index (κ3) is 1.85. The van der Waals surface area contributed by atoms with Gasteiger partial charge in [0, 0.05) is 12.5 Å². The molecule has 2 atom stereocenters. The summed E-state index contributed by atoms with van der Waals surface area (Å²) in [6.07, 6.45) is 0.962. The molecule has 2 rings (SSSR count). The maximum Gasteiger partial charge on any atom is 0.119 e. The van der Waals surface area contributed by atoms with Gasteiger partial charge in [-0.2, -0.15) is 0 Å². The summed E-state index contributed by atoms with van der Waals surface area (Å²) in [5.41, 5.74) is 2.06. The van der Waals surface area contributed by atoms with E-state index in [-0.39, 0.29) is 12.1 Å². The molecule has 3 heteroatoms. The van der Waals surface area contributed by atoms with Crippen LogP contribution in [-0.4, -0.2) is 41.4 Å². The number of nitrogens with zero attached hydrogens (tertiary/aromatic N) is 1. The van der Waals surface area contributed by atoms with Crippen molar-refractivity contribution in [2.24, 2.45) is 0 Å². The van der Waals surface area contributed by atoms with Crippen LogP contribution < -0.4 is 0 Å². The molecule has 1 aliphatic rings. The number of hydrogen-bond donors (Lipinski definition) is 2. The van der Waals surface area contributed by atoms with Crippen molar-refractivity contribution in [1.82, 2.24) is 4.90 Å². The summed E-state index contributed by atoms with van der Waals surface area (Å²) in [5.74, 6) is 0.309. The van der Waals surface area contributed by atoms with Crippen molar-refractivity contribution in [2.45, 2.75) is 25.0 Å². The van der Waals surface area contributed by atoms with Crippen LogP contribution in [0.3, 0.4) is 0 Å². The number of aliphatic hydroxyl groups excluding tert-OH is 1. The fraction of sp³-hybridized carbons (Fsp3) is 0.500. The van der Waals surface area contributed by atoms with Gasteiger partial charge < -0.3 is 15.1 Å². The van der Waals surface area contributed by atoms with Crippen LogP contribution in [0.4, 0.5) is 0 Å². The summed E-state index contributed by atoms with van der Waals surface area (Å²) < 4.78 is 0. The van der Waals surface area contributed by atoms with Gasteiger partial charge in [-0.3, -0.25) is 0 Å². The maximum atomic E-state index is 9.96. The Morgan fingerprint density at radius 3 is 2.67 bits per heavy atom. The highest BCUT2D eigenvalue weighted by atomic mass is 16.3. The molecule has 1 aromatic rings. The standard InChI is InChI=1S/C12H17NO2/c1-13(2)10-6-8-4-3-5-11(14)9(8)7-12(10)15/h3-5,10,12,14-15H,6-7H2,1-2H3/t10-,12-/m1/s1. The number of fused-ring (bicyclic) bond motifs is 1. The third-order valence-electron chi connectivity index (χ3n) is 3.20. The van der Waals surface area contributed by atoms with E-state index in [0.717, 1.165) is 17.5 Å².